The summed E-state index contributed by atoms with van der Waals surface area (Å²) < 4.78 is 0. The van der Waals surface area contributed by atoms with Crippen LogP contribution in [-0.4, -0.2) is 48.2 Å². The number of benzene rings is 1. The molecule has 20 heavy (non-hydrogen) atoms. The molecule has 106 valence electrons. The highest BCUT2D eigenvalue weighted by molar-refractivity contribution is 6.30. The van der Waals surface area contributed by atoms with E-state index in [-0.39, 0.29) is 5.91 Å². The van der Waals surface area contributed by atoms with Gasteiger partial charge in [0.05, 0.1) is 17.5 Å². The molecule has 0 bridgehead atoms. The van der Waals surface area contributed by atoms with Gasteiger partial charge >= 0.3 is 0 Å². The Balaban J connectivity index is 2.26. The number of aromatic amines is 1. The third-order valence-corrected chi connectivity index (χ3v) is 3.26. The number of amides is 1. The first-order chi connectivity index (χ1) is 9.63. The molecule has 0 aliphatic rings. The van der Waals surface area contributed by atoms with Gasteiger partial charge in [-0.3, -0.25) is 9.89 Å². The van der Waals surface area contributed by atoms with Crippen molar-refractivity contribution < 1.29 is 4.79 Å². The van der Waals surface area contributed by atoms with Crippen molar-refractivity contribution in [3.8, 4) is 11.3 Å². The minimum absolute atomic E-state index is 0.0658. The number of nitrogens with one attached hydrogen (secondary N) is 2. The molecular weight excluding hydrogens is 276 g/mol. The van der Waals surface area contributed by atoms with E-state index in [1.54, 1.807) is 30.3 Å². The second-order valence-electron chi connectivity index (χ2n) is 4.50. The molecular formula is C14H17ClN4O. The minimum atomic E-state index is -0.0658. The van der Waals surface area contributed by atoms with Crippen molar-refractivity contribution in [3.63, 3.8) is 0 Å². The number of carbonyl (C=O) groups excluding carboxylic acids is 1. The fourth-order valence-electron chi connectivity index (χ4n) is 1.90. The Kier molecular flexibility index (Phi) is 4.76. The number of aromatic nitrogens is 2. The molecule has 0 radical (unpaired) electrons. The fourth-order valence-corrected chi connectivity index (χ4v) is 2.09. The number of carbonyl (C=O) groups is 1. The summed E-state index contributed by atoms with van der Waals surface area (Å²) in [7, 11) is 3.63. The van der Waals surface area contributed by atoms with Gasteiger partial charge in [0.2, 0.25) is 0 Å². The molecule has 2 rings (SSSR count). The van der Waals surface area contributed by atoms with Crippen molar-refractivity contribution >= 4 is 17.5 Å². The van der Waals surface area contributed by atoms with E-state index < -0.39 is 0 Å². The van der Waals surface area contributed by atoms with E-state index in [9.17, 15) is 4.79 Å². The van der Waals surface area contributed by atoms with Crippen LogP contribution < -0.4 is 5.32 Å². The Morgan fingerprint density at radius 3 is 3.00 bits per heavy atom. The fraction of sp³-hybridized carbons (Fsp3) is 0.286. The highest BCUT2D eigenvalue weighted by Gasteiger charge is 2.18. The third-order valence-electron chi connectivity index (χ3n) is 3.03. The van der Waals surface area contributed by atoms with Gasteiger partial charge in [-0.05, 0) is 19.2 Å². The molecule has 6 heteroatoms. The quantitative estimate of drug-likeness (QED) is 0.886. The summed E-state index contributed by atoms with van der Waals surface area (Å²) in [6, 6.07) is 7.34. The summed E-state index contributed by atoms with van der Waals surface area (Å²) >= 11 is 5.99. The number of rotatable bonds is 5. The Bertz CT molecular complexity index is 596. The zero-order valence-electron chi connectivity index (χ0n) is 11.5. The van der Waals surface area contributed by atoms with Gasteiger partial charge < -0.3 is 10.2 Å². The first kappa shape index (κ1) is 14.6. The molecule has 0 aliphatic heterocycles. The van der Waals surface area contributed by atoms with Crippen molar-refractivity contribution in [1.29, 1.82) is 0 Å². The molecule has 5 nitrogen and oxygen atoms in total. The summed E-state index contributed by atoms with van der Waals surface area (Å²) in [5.41, 5.74) is 2.08. The minimum Gasteiger partial charge on any atom is -0.340 e. The lowest BCUT2D eigenvalue weighted by Crippen LogP contribution is -2.32. The van der Waals surface area contributed by atoms with Gasteiger partial charge in [0.15, 0.2) is 0 Å². The SMILES string of the molecule is CNCCN(C)C(=O)c1cn[nH]c1-c1cccc(Cl)c1. The van der Waals surface area contributed by atoms with Gasteiger partial charge in [0, 0.05) is 30.7 Å². The molecule has 0 atom stereocenters. The molecule has 1 aromatic heterocycles. The van der Waals surface area contributed by atoms with Gasteiger partial charge in [0.1, 0.15) is 0 Å². The molecule has 0 unspecified atom stereocenters. The second kappa shape index (κ2) is 6.54. The molecule has 1 heterocycles. The van der Waals surface area contributed by atoms with Crippen LogP contribution in [-0.2, 0) is 0 Å². The van der Waals surface area contributed by atoms with Crippen LogP contribution >= 0.6 is 11.6 Å². The van der Waals surface area contributed by atoms with E-state index in [1.165, 1.54) is 0 Å². The molecule has 0 spiro atoms. The van der Waals surface area contributed by atoms with E-state index in [2.05, 4.69) is 15.5 Å². The molecule has 0 fully saturated rings. The Morgan fingerprint density at radius 2 is 2.30 bits per heavy atom. The lowest BCUT2D eigenvalue weighted by molar-refractivity contribution is 0.0797. The van der Waals surface area contributed by atoms with Crippen LogP contribution in [0.25, 0.3) is 11.3 Å². The summed E-state index contributed by atoms with van der Waals surface area (Å²) in [5, 5.41) is 10.5. The number of likely N-dealkylation sites (N-methyl/N-ethyl adjacent to an activating group) is 2. The standard InChI is InChI=1S/C14H17ClN4O/c1-16-6-7-19(2)14(20)12-9-17-18-13(12)10-4-3-5-11(15)8-10/h3-5,8-9,16H,6-7H2,1-2H3,(H,17,18). The second-order valence-corrected chi connectivity index (χ2v) is 4.94. The smallest absolute Gasteiger partial charge is 0.257 e. The maximum atomic E-state index is 12.4. The van der Waals surface area contributed by atoms with Gasteiger partial charge in [-0.1, -0.05) is 23.7 Å². The van der Waals surface area contributed by atoms with Crippen LogP contribution in [0.5, 0.6) is 0 Å². The summed E-state index contributed by atoms with van der Waals surface area (Å²) in [6.07, 6.45) is 1.55. The maximum Gasteiger partial charge on any atom is 0.257 e. The van der Waals surface area contributed by atoms with E-state index in [0.717, 1.165) is 12.1 Å². The Labute approximate surface area is 122 Å². The van der Waals surface area contributed by atoms with Crippen LogP contribution in [0.4, 0.5) is 0 Å². The molecule has 0 saturated carbocycles. The van der Waals surface area contributed by atoms with E-state index in [4.69, 9.17) is 11.6 Å². The predicted molar refractivity (Wildman–Crippen MR) is 79.9 cm³/mol. The van der Waals surface area contributed by atoms with E-state index in [0.29, 0.717) is 22.8 Å². The van der Waals surface area contributed by atoms with Crippen molar-refractivity contribution in [2.75, 3.05) is 27.2 Å². The number of nitrogens with zero attached hydrogens (tertiary/aromatic N) is 2. The highest BCUT2D eigenvalue weighted by Crippen LogP contribution is 2.24. The first-order valence-electron chi connectivity index (χ1n) is 6.33. The Hall–Kier alpha value is -1.85. The van der Waals surface area contributed by atoms with Crippen LogP contribution in [0.1, 0.15) is 10.4 Å². The molecule has 1 aromatic carbocycles. The van der Waals surface area contributed by atoms with Crippen molar-refractivity contribution in [3.05, 3.63) is 41.0 Å². The molecule has 0 aliphatic carbocycles. The largest absolute Gasteiger partial charge is 0.340 e. The number of H-pyrrole nitrogens is 1. The number of halogens is 1. The Morgan fingerprint density at radius 1 is 1.50 bits per heavy atom. The molecule has 0 saturated heterocycles. The van der Waals surface area contributed by atoms with Gasteiger partial charge in [-0.15, -0.1) is 0 Å². The maximum absolute atomic E-state index is 12.4. The average Bonchev–Trinajstić information content (AvgIpc) is 2.93. The molecule has 2 N–H and O–H groups in total. The van der Waals surface area contributed by atoms with Gasteiger partial charge in [-0.2, -0.15) is 5.10 Å². The lowest BCUT2D eigenvalue weighted by Gasteiger charge is -2.16. The average molecular weight is 293 g/mol. The zero-order valence-corrected chi connectivity index (χ0v) is 12.2. The van der Waals surface area contributed by atoms with Crippen molar-refractivity contribution in [2.24, 2.45) is 0 Å². The summed E-state index contributed by atoms with van der Waals surface area (Å²) in [4.78, 5) is 14.1. The third kappa shape index (κ3) is 3.18. The topological polar surface area (TPSA) is 61.0 Å². The van der Waals surface area contributed by atoms with E-state index in [1.807, 2.05) is 19.2 Å². The summed E-state index contributed by atoms with van der Waals surface area (Å²) in [5.74, 6) is -0.0658. The molecule has 1 amide bonds. The summed E-state index contributed by atoms with van der Waals surface area (Å²) in [6.45, 7) is 1.38. The van der Waals surface area contributed by atoms with Gasteiger partial charge in [0.25, 0.3) is 5.91 Å². The molecule has 2 aromatic rings. The number of hydrogen-bond acceptors (Lipinski definition) is 3. The highest BCUT2D eigenvalue weighted by atomic mass is 35.5. The van der Waals surface area contributed by atoms with Gasteiger partial charge in [-0.25, -0.2) is 0 Å². The van der Waals surface area contributed by atoms with E-state index >= 15 is 0 Å². The van der Waals surface area contributed by atoms with Crippen LogP contribution in [0.15, 0.2) is 30.5 Å². The lowest BCUT2D eigenvalue weighted by atomic mass is 10.1. The first-order valence-corrected chi connectivity index (χ1v) is 6.70. The monoisotopic (exact) mass is 292 g/mol. The van der Waals surface area contributed by atoms with Crippen molar-refractivity contribution in [1.82, 2.24) is 20.4 Å². The van der Waals surface area contributed by atoms with Crippen LogP contribution in [0.3, 0.4) is 0 Å². The normalized spacial score (nSPS) is 10.6. The predicted octanol–water partition coefficient (Wildman–Crippen LogP) is 2.02. The number of hydrogen-bond donors (Lipinski definition) is 2. The van der Waals surface area contributed by atoms with Crippen LogP contribution in [0.2, 0.25) is 5.02 Å². The van der Waals surface area contributed by atoms with Crippen molar-refractivity contribution in [2.45, 2.75) is 0 Å². The zero-order chi connectivity index (χ0) is 14.5. The van der Waals surface area contributed by atoms with Crippen LogP contribution in [0, 0.1) is 0 Å².